The van der Waals surface area contributed by atoms with Crippen molar-refractivity contribution in [3.63, 3.8) is 0 Å². The highest BCUT2D eigenvalue weighted by atomic mass is 16.4. The number of aliphatic carboxylic acids is 1. The average Bonchev–Trinajstić information content (AvgIpc) is 3.11. The number of hydrogen-bond acceptors (Lipinski definition) is 4. The Bertz CT molecular complexity index is 471. The smallest absolute Gasteiger partial charge is 0.323 e. The van der Waals surface area contributed by atoms with Crippen molar-refractivity contribution in [2.45, 2.75) is 12.8 Å². The van der Waals surface area contributed by atoms with Gasteiger partial charge < -0.3 is 15.7 Å². The molecule has 1 aliphatic carbocycles. The van der Waals surface area contributed by atoms with E-state index >= 15 is 0 Å². The number of carboxylic acid groups (broad SMARTS) is 1. The first-order valence-electron chi connectivity index (χ1n) is 5.79. The second-order valence-corrected chi connectivity index (χ2v) is 4.46. The van der Waals surface area contributed by atoms with Gasteiger partial charge in [-0.25, -0.2) is 4.98 Å². The number of rotatable bonds is 5. The molecule has 0 aromatic carbocycles. The molecule has 2 rings (SSSR count). The molecule has 0 unspecified atom stereocenters. The third-order valence-corrected chi connectivity index (χ3v) is 2.83. The van der Waals surface area contributed by atoms with Crippen LogP contribution in [0.25, 0.3) is 0 Å². The molecule has 1 aromatic heterocycles. The van der Waals surface area contributed by atoms with Gasteiger partial charge in [-0.1, -0.05) is 0 Å². The molecular weight excluding hydrogens is 234 g/mol. The van der Waals surface area contributed by atoms with E-state index in [0.29, 0.717) is 12.5 Å². The van der Waals surface area contributed by atoms with E-state index in [1.165, 1.54) is 11.1 Å². The van der Waals surface area contributed by atoms with Gasteiger partial charge in [0.15, 0.2) is 5.69 Å². The number of nitrogen functional groups attached to an aromatic ring is 1. The first-order valence-corrected chi connectivity index (χ1v) is 5.79. The average molecular weight is 249 g/mol. The number of pyridine rings is 1. The van der Waals surface area contributed by atoms with E-state index in [2.05, 4.69) is 4.98 Å². The SMILES string of the molecule is Nc1cccnc1C(=O)N(CC(=O)O)CC1CC1. The fourth-order valence-electron chi connectivity index (χ4n) is 1.74. The van der Waals surface area contributed by atoms with Gasteiger partial charge in [-0.3, -0.25) is 9.59 Å². The van der Waals surface area contributed by atoms with Crippen molar-refractivity contribution in [2.75, 3.05) is 18.8 Å². The van der Waals surface area contributed by atoms with Crippen LogP contribution in [0, 0.1) is 5.92 Å². The van der Waals surface area contributed by atoms with Crippen LogP contribution in [0.2, 0.25) is 0 Å². The van der Waals surface area contributed by atoms with Crippen LogP contribution in [0.3, 0.4) is 0 Å². The lowest BCUT2D eigenvalue weighted by Crippen LogP contribution is -2.38. The maximum absolute atomic E-state index is 12.2. The van der Waals surface area contributed by atoms with Gasteiger partial charge in [-0.15, -0.1) is 0 Å². The van der Waals surface area contributed by atoms with Crippen LogP contribution in [-0.2, 0) is 4.79 Å². The van der Waals surface area contributed by atoms with Gasteiger partial charge >= 0.3 is 5.97 Å². The maximum Gasteiger partial charge on any atom is 0.323 e. The molecule has 1 saturated carbocycles. The van der Waals surface area contributed by atoms with Crippen molar-refractivity contribution in [3.8, 4) is 0 Å². The van der Waals surface area contributed by atoms with Crippen molar-refractivity contribution in [1.82, 2.24) is 9.88 Å². The van der Waals surface area contributed by atoms with E-state index in [1.54, 1.807) is 12.1 Å². The first-order chi connectivity index (χ1) is 8.58. The monoisotopic (exact) mass is 249 g/mol. The molecule has 1 aromatic rings. The van der Waals surface area contributed by atoms with Gasteiger partial charge in [0.25, 0.3) is 5.91 Å². The predicted octanol–water partition coefficient (Wildman–Crippen LogP) is 0.601. The number of aromatic nitrogens is 1. The Morgan fingerprint density at radius 1 is 1.50 bits per heavy atom. The Labute approximate surface area is 104 Å². The minimum atomic E-state index is -1.03. The molecule has 3 N–H and O–H groups in total. The molecule has 1 fully saturated rings. The molecule has 0 saturated heterocycles. The van der Waals surface area contributed by atoms with Gasteiger partial charge in [0.2, 0.25) is 0 Å². The van der Waals surface area contributed by atoms with Crippen molar-refractivity contribution >= 4 is 17.6 Å². The zero-order chi connectivity index (χ0) is 13.1. The van der Waals surface area contributed by atoms with Gasteiger partial charge in [0.1, 0.15) is 6.54 Å². The number of hydrogen-bond donors (Lipinski definition) is 2. The third-order valence-electron chi connectivity index (χ3n) is 2.83. The highest BCUT2D eigenvalue weighted by molar-refractivity contribution is 5.98. The normalized spacial score (nSPS) is 14.2. The zero-order valence-corrected chi connectivity index (χ0v) is 9.87. The lowest BCUT2D eigenvalue weighted by molar-refractivity contribution is -0.137. The van der Waals surface area contributed by atoms with Crippen molar-refractivity contribution < 1.29 is 14.7 Å². The number of carboxylic acids is 1. The summed E-state index contributed by atoms with van der Waals surface area (Å²) in [6, 6.07) is 3.21. The highest BCUT2D eigenvalue weighted by Gasteiger charge is 2.29. The van der Waals surface area contributed by atoms with Crippen LogP contribution in [-0.4, -0.2) is 40.0 Å². The molecule has 6 nitrogen and oxygen atoms in total. The lowest BCUT2D eigenvalue weighted by Gasteiger charge is -2.20. The molecule has 1 aliphatic rings. The van der Waals surface area contributed by atoms with Crippen LogP contribution in [0.1, 0.15) is 23.3 Å². The largest absolute Gasteiger partial charge is 0.480 e. The Kier molecular flexibility index (Phi) is 3.45. The van der Waals surface area contributed by atoms with Gasteiger partial charge in [-0.05, 0) is 30.9 Å². The Morgan fingerprint density at radius 2 is 2.22 bits per heavy atom. The summed E-state index contributed by atoms with van der Waals surface area (Å²) in [5.74, 6) is -1.03. The summed E-state index contributed by atoms with van der Waals surface area (Å²) in [6.45, 7) is 0.145. The topological polar surface area (TPSA) is 96.5 Å². The standard InChI is InChI=1S/C12H15N3O3/c13-9-2-1-5-14-11(9)12(18)15(7-10(16)17)6-8-3-4-8/h1-2,5,8H,3-4,6-7,13H2,(H,16,17). The Morgan fingerprint density at radius 3 is 2.78 bits per heavy atom. The molecular formula is C12H15N3O3. The molecule has 6 heteroatoms. The van der Waals surface area contributed by atoms with E-state index < -0.39 is 11.9 Å². The summed E-state index contributed by atoms with van der Waals surface area (Å²) in [7, 11) is 0. The van der Waals surface area contributed by atoms with Gasteiger partial charge in [-0.2, -0.15) is 0 Å². The fourth-order valence-corrected chi connectivity index (χ4v) is 1.74. The molecule has 0 bridgehead atoms. The molecule has 1 heterocycles. The molecule has 1 amide bonds. The summed E-state index contributed by atoms with van der Waals surface area (Å²) in [6.07, 6.45) is 3.56. The van der Waals surface area contributed by atoms with E-state index in [4.69, 9.17) is 10.8 Å². The summed E-state index contributed by atoms with van der Waals surface area (Å²) < 4.78 is 0. The van der Waals surface area contributed by atoms with E-state index in [9.17, 15) is 9.59 Å². The number of amides is 1. The van der Waals surface area contributed by atoms with Crippen LogP contribution in [0.15, 0.2) is 18.3 Å². The maximum atomic E-state index is 12.2. The van der Waals surface area contributed by atoms with Crippen LogP contribution >= 0.6 is 0 Å². The van der Waals surface area contributed by atoms with Crippen LogP contribution in [0.4, 0.5) is 5.69 Å². The lowest BCUT2D eigenvalue weighted by atomic mass is 10.2. The van der Waals surface area contributed by atoms with Crippen molar-refractivity contribution in [2.24, 2.45) is 5.92 Å². The van der Waals surface area contributed by atoms with Crippen LogP contribution < -0.4 is 5.73 Å². The van der Waals surface area contributed by atoms with E-state index in [-0.39, 0.29) is 17.9 Å². The second kappa shape index (κ2) is 5.03. The number of nitrogens with zero attached hydrogens (tertiary/aromatic N) is 2. The number of nitrogens with two attached hydrogens (primary N) is 1. The first kappa shape index (κ1) is 12.3. The van der Waals surface area contributed by atoms with Gasteiger partial charge in [0, 0.05) is 12.7 Å². The predicted molar refractivity (Wildman–Crippen MR) is 64.9 cm³/mol. The summed E-state index contributed by atoms with van der Waals surface area (Å²) in [5, 5.41) is 8.84. The third kappa shape index (κ3) is 2.97. The summed E-state index contributed by atoms with van der Waals surface area (Å²) in [5.41, 5.74) is 6.08. The molecule has 0 spiro atoms. The minimum Gasteiger partial charge on any atom is -0.480 e. The summed E-state index contributed by atoms with van der Waals surface area (Å²) >= 11 is 0. The fraction of sp³-hybridized carbons (Fsp3) is 0.417. The molecule has 0 atom stereocenters. The number of anilines is 1. The minimum absolute atomic E-state index is 0.124. The molecule has 96 valence electrons. The Hall–Kier alpha value is -2.11. The van der Waals surface area contributed by atoms with Crippen molar-refractivity contribution in [1.29, 1.82) is 0 Å². The number of carbonyl (C=O) groups excluding carboxylic acids is 1. The van der Waals surface area contributed by atoms with Gasteiger partial charge in [0.05, 0.1) is 5.69 Å². The van der Waals surface area contributed by atoms with E-state index in [1.807, 2.05) is 0 Å². The van der Waals surface area contributed by atoms with E-state index in [0.717, 1.165) is 12.8 Å². The molecule has 0 aliphatic heterocycles. The second-order valence-electron chi connectivity index (χ2n) is 4.46. The Balaban J connectivity index is 2.15. The zero-order valence-electron chi connectivity index (χ0n) is 9.87. The number of carbonyl (C=O) groups is 2. The molecule has 0 radical (unpaired) electrons. The summed E-state index contributed by atoms with van der Waals surface area (Å²) in [4.78, 5) is 28.2. The highest BCUT2D eigenvalue weighted by Crippen LogP contribution is 2.30. The molecule has 18 heavy (non-hydrogen) atoms. The van der Waals surface area contributed by atoms with Crippen molar-refractivity contribution in [3.05, 3.63) is 24.0 Å². The quantitative estimate of drug-likeness (QED) is 0.796. The van der Waals surface area contributed by atoms with Crippen LogP contribution in [0.5, 0.6) is 0 Å².